The van der Waals surface area contributed by atoms with Gasteiger partial charge in [-0.1, -0.05) is 11.6 Å². The number of methoxy groups -OCH3 is 1. The second-order valence-electron chi connectivity index (χ2n) is 3.62. The quantitative estimate of drug-likeness (QED) is 0.911. The zero-order valence-corrected chi connectivity index (χ0v) is 10.4. The summed E-state index contributed by atoms with van der Waals surface area (Å²) in [5, 5.41) is 9.56. The number of imidazole rings is 1. The predicted molar refractivity (Wildman–Crippen MR) is 66.1 cm³/mol. The third kappa shape index (κ3) is 2.14. The molecule has 0 radical (unpaired) electrons. The monoisotopic (exact) mass is 252 g/mol. The van der Waals surface area contributed by atoms with Crippen LogP contribution in [0, 0.1) is 0 Å². The van der Waals surface area contributed by atoms with E-state index in [0.717, 1.165) is 17.1 Å². The predicted octanol–water partition coefficient (Wildman–Crippen LogP) is 2.24. The lowest BCUT2D eigenvalue weighted by Gasteiger charge is -2.03. The molecule has 17 heavy (non-hydrogen) atoms. The molecule has 0 aliphatic rings. The Labute approximate surface area is 104 Å². The summed E-state index contributed by atoms with van der Waals surface area (Å²) in [5.41, 5.74) is 1.41. The summed E-state index contributed by atoms with van der Waals surface area (Å²) in [5.74, 6) is 1.51. The minimum Gasteiger partial charge on any atom is -0.497 e. The molecule has 2 rings (SSSR count). The number of ether oxygens (including phenoxy) is 1. The number of rotatable bonds is 3. The van der Waals surface area contributed by atoms with Gasteiger partial charge < -0.3 is 14.4 Å². The van der Waals surface area contributed by atoms with Gasteiger partial charge in [0, 0.05) is 12.6 Å². The van der Waals surface area contributed by atoms with Gasteiger partial charge in [-0.05, 0) is 24.3 Å². The van der Waals surface area contributed by atoms with Crippen LogP contribution in [0.2, 0.25) is 5.15 Å². The van der Waals surface area contributed by atoms with Crippen LogP contribution in [0.4, 0.5) is 0 Å². The second kappa shape index (κ2) is 4.77. The minimum atomic E-state index is -0.164. The number of aliphatic hydroxyl groups is 1. The number of aliphatic hydroxyl groups excluding tert-OH is 1. The van der Waals surface area contributed by atoms with Crippen LogP contribution in [-0.4, -0.2) is 21.8 Å². The first-order valence-corrected chi connectivity index (χ1v) is 5.51. The number of nitrogens with zero attached hydrogens (tertiary/aromatic N) is 2. The fourth-order valence-corrected chi connectivity index (χ4v) is 1.82. The van der Waals surface area contributed by atoms with Gasteiger partial charge in [0.25, 0.3) is 0 Å². The van der Waals surface area contributed by atoms with Crippen molar-refractivity contribution in [1.82, 2.24) is 9.55 Å². The zero-order chi connectivity index (χ0) is 12.4. The van der Waals surface area contributed by atoms with Gasteiger partial charge in [-0.2, -0.15) is 0 Å². The van der Waals surface area contributed by atoms with Crippen LogP contribution in [0.3, 0.4) is 0 Å². The molecule has 1 aromatic heterocycles. The van der Waals surface area contributed by atoms with E-state index >= 15 is 0 Å². The maximum Gasteiger partial charge on any atom is 0.141 e. The lowest BCUT2D eigenvalue weighted by molar-refractivity contribution is 0.277. The summed E-state index contributed by atoms with van der Waals surface area (Å²) in [6.07, 6.45) is 0. The maximum atomic E-state index is 9.11. The van der Waals surface area contributed by atoms with Crippen LogP contribution < -0.4 is 4.74 Å². The molecule has 0 atom stereocenters. The highest BCUT2D eigenvalue weighted by Crippen LogP contribution is 2.26. The third-order valence-corrected chi connectivity index (χ3v) is 3.06. The van der Waals surface area contributed by atoms with Crippen LogP contribution in [0.5, 0.6) is 5.75 Å². The van der Waals surface area contributed by atoms with E-state index in [1.807, 2.05) is 31.3 Å². The molecule has 1 aromatic carbocycles. The molecule has 90 valence electrons. The van der Waals surface area contributed by atoms with Crippen LogP contribution in [0.1, 0.15) is 5.69 Å². The number of benzene rings is 1. The summed E-state index contributed by atoms with van der Waals surface area (Å²) in [6, 6.07) is 7.52. The first-order chi connectivity index (χ1) is 8.17. The summed E-state index contributed by atoms with van der Waals surface area (Å²) >= 11 is 6.04. The molecule has 0 bridgehead atoms. The Balaban J connectivity index is 2.45. The van der Waals surface area contributed by atoms with Crippen LogP contribution in [0.15, 0.2) is 24.3 Å². The average molecular weight is 253 g/mol. The van der Waals surface area contributed by atoms with Crippen molar-refractivity contribution in [3.8, 4) is 17.1 Å². The van der Waals surface area contributed by atoms with Crippen molar-refractivity contribution < 1.29 is 9.84 Å². The first kappa shape index (κ1) is 12.0. The highest BCUT2D eigenvalue weighted by Gasteiger charge is 2.13. The third-order valence-electron chi connectivity index (χ3n) is 2.59. The molecule has 0 aliphatic carbocycles. The molecule has 5 heteroatoms. The maximum absolute atomic E-state index is 9.11. The van der Waals surface area contributed by atoms with E-state index in [2.05, 4.69) is 4.98 Å². The summed E-state index contributed by atoms with van der Waals surface area (Å²) in [6.45, 7) is -0.164. The Morgan fingerprint density at radius 2 is 2.00 bits per heavy atom. The average Bonchev–Trinajstić information content (AvgIpc) is 2.66. The van der Waals surface area contributed by atoms with Crippen molar-refractivity contribution >= 4 is 11.6 Å². The second-order valence-corrected chi connectivity index (χ2v) is 3.98. The van der Waals surface area contributed by atoms with E-state index in [1.165, 1.54) is 0 Å². The number of hydrogen-bond acceptors (Lipinski definition) is 3. The summed E-state index contributed by atoms with van der Waals surface area (Å²) < 4.78 is 6.84. The van der Waals surface area contributed by atoms with Crippen molar-refractivity contribution in [2.75, 3.05) is 7.11 Å². The Hall–Kier alpha value is -1.52. The molecule has 0 aliphatic heterocycles. The van der Waals surface area contributed by atoms with Crippen LogP contribution in [-0.2, 0) is 13.7 Å². The molecule has 4 nitrogen and oxygen atoms in total. The number of halogens is 1. The summed E-state index contributed by atoms with van der Waals surface area (Å²) in [4.78, 5) is 4.29. The molecule has 1 N–H and O–H groups in total. The van der Waals surface area contributed by atoms with Gasteiger partial charge in [-0.3, -0.25) is 0 Å². The summed E-state index contributed by atoms with van der Waals surface area (Å²) in [7, 11) is 3.44. The molecule has 0 spiro atoms. The van der Waals surface area contributed by atoms with E-state index < -0.39 is 0 Å². The van der Waals surface area contributed by atoms with Gasteiger partial charge in [0.15, 0.2) is 0 Å². The van der Waals surface area contributed by atoms with Crippen molar-refractivity contribution in [3.63, 3.8) is 0 Å². The smallest absolute Gasteiger partial charge is 0.141 e. The Morgan fingerprint density at radius 3 is 2.47 bits per heavy atom. The molecule has 1 heterocycles. The molecular weight excluding hydrogens is 240 g/mol. The fourth-order valence-electron chi connectivity index (χ4n) is 1.63. The molecule has 0 saturated carbocycles. The highest BCUT2D eigenvalue weighted by atomic mass is 35.5. The van der Waals surface area contributed by atoms with Crippen LogP contribution >= 0.6 is 11.6 Å². The van der Waals surface area contributed by atoms with Gasteiger partial charge in [0.1, 0.15) is 22.4 Å². The fraction of sp³-hybridized carbons (Fsp3) is 0.250. The van der Waals surface area contributed by atoms with Crippen LogP contribution in [0.25, 0.3) is 11.4 Å². The van der Waals surface area contributed by atoms with E-state index in [-0.39, 0.29) is 6.61 Å². The van der Waals surface area contributed by atoms with Crippen molar-refractivity contribution in [3.05, 3.63) is 35.1 Å². The first-order valence-electron chi connectivity index (χ1n) is 5.13. The van der Waals surface area contributed by atoms with Gasteiger partial charge in [-0.15, -0.1) is 0 Å². The molecular formula is C12H13ClN2O2. The topological polar surface area (TPSA) is 47.3 Å². The van der Waals surface area contributed by atoms with E-state index in [0.29, 0.717) is 10.8 Å². The van der Waals surface area contributed by atoms with E-state index in [9.17, 15) is 0 Å². The van der Waals surface area contributed by atoms with Crippen molar-refractivity contribution in [2.45, 2.75) is 6.61 Å². The minimum absolute atomic E-state index is 0.164. The van der Waals surface area contributed by atoms with Crippen molar-refractivity contribution in [2.24, 2.45) is 7.05 Å². The Kier molecular flexibility index (Phi) is 3.36. The largest absolute Gasteiger partial charge is 0.497 e. The lowest BCUT2D eigenvalue weighted by atomic mass is 10.2. The SMILES string of the molecule is COc1ccc(-c2nc(CO)c(Cl)n2C)cc1. The van der Waals surface area contributed by atoms with Gasteiger partial charge >= 0.3 is 0 Å². The van der Waals surface area contributed by atoms with Gasteiger partial charge in [0.2, 0.25) is 0 Å². The normalized spacial score (nSPS) is 10.6. The highest BCUT2D eigenvalue weighted by molar-refractivity contribution is 6.30. The molecule has 0 saturated heterocycles. The molecule has 0 fully saturated rings. The van der Waals surface area contributed by atoms with E-state index in [4.69, 9.17) is 21.4 Å². The molecule has 0 unspecified atom stereocenters. The van der Waals surface area contributed by atoms with Crippen molar-refractivity contribution in [1.29, 1.82) is 0 Å². The Morgan fingerprint density at radius 1 is 1.35 bits per heavy atom. The lowest BCUT2D eigenvalue weighted by Crippen LogP contribution is -1.92. The van der Waals surface area contributed by atoms with Gasteiger partial charge in [0.05, 0.1) is 13.7 Å². The molecule has 0 amide bonds. The number of aromatic nitrogens is 2. The number of hydrogen-bond donors (Lipinski definition) is 1. The molecule has 2 aromatic rings. The standard InChI is InChI=1S/C12H13ClN2O2/c1-15-11(13)10(7-16)14-12(15)8-3-5-9(17-2)6-4-8/h3-6,16H,7H2,1-2H3. The van der Waals surface area contributed by atoms with Gasteiger partial charge in [-0.25, -0.2) is 4.98 Å². The van der Waals surface area contributed by atoms with E-state index in [1.54, 1.807) is 11.7 Å². The zero-order valence-electron chi connectivity index (χ0n) is 9.64. The Bertz CT molecular complexity index is 520.